The van der Waals surface area contributed by atoms with E-state index < -0.39 is 33.5 Å². The summed E-state index contributed by atoms with van der Waals surface area (Å²) in [7, 11) is -3.48. The molecule has 26 heavy (non-hydrogen) atoms. The van der Waals surface area contributed by atoms with Gasteiger partial charge in [-0.2, -0.15) is 13.2 Å². The van der Waals surface area contributed by atoms with Crippen molar-refractivity contribution >= 4 is 15.7 Å². The molecule has 0 spiro atoms. The molecule has 0 heterocycles. The lowest BCUT2D eigenvalue weighted by Crippen LogP contribution is -2.27. The van der Waals surface area contributed by atoms with Gasteiger partial charge < -0.3 is 5.32 Å². The molecule has 0 saturated heterocycles. The number of benzene rings is 2. The predicted molar refractivity (Wildman–Crippen MR) is 91.6 cm³/mol. The Morgan fingerprint density at radius 1 is 1.12 bits per heavy atom. The summed E-state index contributed by atoms with van der Waals surface area (Å²) in [5.74, 6) is -0.557. The Morgan fingerprint density at radius 2 is 1.77 bits per heavy atom. The molecular weight excluding hydrogens is 367 g/mol. The van der Waals surface area contributed by atoms with E-state index >= 15 is 0 Å². The van der Waals surface area contributed by atoms with E-state index in [9.17, 15) is 26.4 Å². The highest BCUT2D eigenvalue weighted by Gasteiger charge is 2.30. The monoisotopic (exact) mass is 385 g/mol. The van der Waals surface area contributed by atoms with Crippen LogP contribution in [0.1, 0.15) is 40.0 Å². The van der Waals surface area contributed by atoms with Crippen LogP contribution in [0, 0.1) is 6.92 Å². The molecule has 0 aromatic heterocycles. The van der Waals surface area contributed by atoms with E-state index in [-0.39, 0.29) is 10.5 Å². The van der Waals surface area contributed by atoms with Gasteiger partial charge in [-0.3, -0.25) is 4.79 Å². The maximum absolute atomic E-state index is 12.8. The lowest BCUT2D eigenvalue weighted by atomic mass is 10.0. The number of hydrogen-bond acceptors (Lipinski definition) is 3. The highest BCUT2D eigenvalue weighted by molar-refractivity contribution is 7.90. The number of aryl methyl sites for hydroxylation is 1. The molecule has 140 valence electrons. The molecule has 1 amide bonds. The molecule has 0 radical (unpaired) electrons. The maximum Gasteiger partial charge on any atom is 0.416 e. The number of hydrogen-bond donors (Lipinski definition) is 1. The van der Waals surface area contributed by atoms with Gasteiger partial charge in [0.25, 0.3) is 5.91 Å². The first-order valence-corrected chi connectivity index (χ1v) is 9.57. The minimum Gasteiger partial charge on any atom is -0.346 e. The predicted octanol–water partition coefficient (Wildman–Crippen LogP) is 3.91. The van der Waals surface area contributed by atoms with Crippen LogP contribution in [0.25, 0.3) is 0 Å². The van der Waals surface area contributed by atoms with Crippen LogP contribution >= 0.6 is 0 Å². The van der Waals surface area contributed by atoms with Crippen molar-refractivity contribution in [3.05, 3.63) is 64.7 Å². The van der Waals surface area contributed by atoms with Gasteiger partial charge in [-0.1, -0.05) is 18.2 Å². The van der Waals surface area contributed by atoms with Gasteiger partial charge in [0.05, 0.1) is 16.5 Å². The third kappa shape index (κ3) is 4.63. The summed E-state index contributed by atoms with van der Waals surface area (Å²) in [5.41, 5.74) is 0.217. The summed E-state index contributed by atoms with van der Waals surface area (Å²) in [6.45, 7) is 3.21. The van der Waals surface area contributed by atoms with Gasteiger partial charge in [-0.05, 0) is 49.2 Å². The second kappa shape index (κ2) is 7.11. The topological polar surface area (TPSA) is 63.2 Å². The van der Waals surface area contributed by atoms with Crippen molar-refractivity contribution in [3.63, 3.8) is 0 Å². The normalized spacial score (nSPS) is 13.3. The number of carbonyl (C=O) groups excluding carboxylic acids is 1. The van der Waals surface area contributed by atoms with Crippen molar-refractivity contribution in [3.8, 4) is 0 Å². The Hall–Kier alpha value is -2.35. The molecule has 4 nitrogen and oxygen atoms in total. The highest BCUT2D eigenvalue weighted by atomic mass is 32.2. The van der Waals surface area contributed by atoms with Gasteiger partial charge in [0.15, 0.2) is 9.84 Å². The first-order valence-electron chi connectivity index (χ1n) is 7.68. The molecule has 1 N–H and O–H groups in total. The van der Waals surface area contributed by atoms with E-state index in [2.05, 4.69) is 5.32 Å². The van der Waals surface area contributed by atoms with Crippen LogP contribution < -0.4 is 5.32 Å². The Kier molecular flexibility index (Phi) is 5.46. The Labute approximate surface area is 150 Å². The first kappa shape index (κ1) is 20.0. The standard InChI is InChI=1S/C18H18F3NO3S/c1-11-7-8-15(26(3,24)25)10-16(11)17(23)22-12(2)13-5-4-6-14(9-13)18(19,20)21/h4-10,12H,1-3H3,(H,22,23). The molecule has 1 atom stereocenters. The number of amides is 1. The molecule has 0 aliphatic rings. The van der Waals surface area contributed by atoms with Crippen molar-refractivity contribution in [2.45, 2.75) is 31.0 Å². The van der Waals surface area contributed by atoms with Crippen LogP contribution in [-0.2, 0) is 16.0 Å². The highest BCUT2D eigenvalue weighted by Crippen LogP contribution is 2.30. The summed E-state index contributed by atoms with van der Waals surface area (Å²) in [6, 6.07) is 8.18. The Morgan fingerprint density at radius 3 is 2.35 bits per heavy atom. The summed E-state index contributed by atoms with van der Waals surface area (Å²) >= 11 is 0. The van der Waals surface area contributed by atoms with Gasteiger partial charge in [0, 0.05) is 11.8 Å². The molecule has 2 aromatic carbocycles. The lowest BCUT2D eigenvalue weighted by Gasteiger charge is -2.17. The second-order valence-electron chi connectivity index (χ2n) is 6.07. The van der Waals surface area contributed by atoms with E-state index in [1.165, 1.54) is 30.3 Å². The van der Waals surface area contributed by atoms with E-state index in [0.717, 1.165) is 18.4 Å². The molecule has 0 fully saturated rings. The smallest absolute Gasteiger partial charge is 0.346 e. The number of alkyl halides is 3. The SMILES string of the molecule is Cc1ccc(S(C)(=O)=O)cc1C(=O)NC(C)c1cccc(C(F)(F)F)c1. The van der Waals surface area contributed by atoms with Gasteiger partial charge in [0.2, 0.25) is 0 Å². The van der Waals surface area contributed by atoms with Crippen LogP contribution in [0.3, 0.4) is 0 Å². The zero-order valence-corrected chi connectivity index (χ0v) is 15.2. The molecule has 2 aromatic rings. The average Bonchev–Trinajstić information content (AvgIpc) is 2.53. The molecule has 1 unspecified atom stereocenters. The molecule has 0 aliphatic heterocycles. The summed E-state index contributed by atoms with van der Waals surface area (Å²) < 4.78 is 61.8. The fraction of sp³-hybridized carbons (Fsp3) is 0.278. The molecular formula is C18H18F3NO3S. The second-order valence-corrected chi connectivity index (χ2v) is 8.08. The molecule has 0 bridgehead atoms. The Bertz CT molecular complexity index is 937. The average molecular weight is 385 g/mol. The summed E-state index contributed by atoms with van der Waals surface area (Å²) in [4.78, 5) is 12.5. The number of nitrogens with one attached hydrogen (secondary N) is 1. The van der Waals surface area contributed by atoms with E-state index in [1.54, 1.807) is 13.8 Å². The zero-order chi connectivity index (χ0) is 19.7. The number of carbonyl (C=O) groups is 1. The number of sulfone groups is 1. The molecule has 2 rings (SSSR count). The molecule has 0 saturated carbocycles. The first-order chi connectivity index (χ1) is 11.9. The minimum absolute atomic E-state index is 0.0000261. The van der Waals surface area contributed by atoms with Crippen molar-refractivity contribution in [1.29, 1.82) is 0 Å². The lowest BCUT2D eigenvalue weighted by molar-refractivity contribution is -0.137. The largest absolute Gasteiger partial charge is 0.416 e. The maximum atomic E-state index is 12.8. The van der Waals surface area contributed by atoms with Crippen LogP contribution in [0.2, 0.25) is 0 Å². The van der Waals surface area contributed by atoms with Crippen LogP contribution in [0.15, 0.2) is 47.4 Å². The van der Waals surface area contributed by atoms with Crippen molar-refractivity contribution < 1.29 is 26.4 Å². The van der Waals surface area contributed by atoms with E-state index in [0.29, 0.717) is 11.1 Å². The minimum atomic E-state index is -4.47. The zero-order valence-electron chi connectivity index (χ0n) is 14.4. The molecule has 8 heteroatoms. The van der Waals surface area contributed by atoms with Gasteiger partial charge >= 0.3 is 6.18 Å². The fourth-order valence-electron chi connectivity index (χ4n) is 2.42. The molecule has 0 aliphatic carbocycles. The summed E-state index contributed by atoms with van der Waals surface area (Å²) in [5, 5.41) is 2.61. The third-order valence-corrected chi connectivity index (χ3v) is 5.05. The quantitative estimate of drug-likeness (QED) is 0.868. The van der Waals surface area contributed by atoms with Crippen LogP contribution in [-0.4, -0.2) is 20.6 Å². The van der Waals surface area contributed by atoms with Gasteiger partial charge in [-0.25, -0.2) is 8.42 Å². The van der Waals surface area contributed by atoms with Crippen molar-refractivity contribution in [1.82, 2.24) is 5.32 Å². The fourth-order valence-corrected chi connectivity index (χ4v) is 3.07. The van der Waals surface area contributed by atoms with Crippen LogP contribution in [0.4, 0.5) is 13.2 Å². The Balaban J connectivity index is 2.28. The number of rotatable bonds is 4. The van der Waals surface area contributed by atoms with Crippen molar-refractivity contribution in [2.75, 3.05) is 6.26 Å². The van der Waals surface area contributed by atoms with Crippen molar-refractivity contribution in [2.24, 2.45) is 0 Å². The van der Waals surface area contributed by atoms with Gasteiger partial charge in [0.1, 0.15) is 0 Å². The summed E-state index contributed by atoms with van der Waals surface area (Å²) in [6.07, 6.45) is -3.44. The third-order valence-electron chi connectivity index (χ3n) is 3.94. The van der Waals surface area contributed by atoms with E-state index in [4.69, 9.17) is 0 Å². The van der Waals surface area contributed by atoms with Gasteiger partial charge in [-0.15, -0.1) is 0 Å². The van der Waals surface area contributed by atoms with E-state index in [1.807, 2.05) is 0 Å². The number of halogens is 3. The van der Waals surface area contributed by atoms with Crippen LogP contribution in [0.5, 0.6) is 0 Å².